The highest BCUT2D eigenvalue weighted by Gasteiger charge is 2.05. The summed E-state index contributed by atoms with van der Waals surface area (Å²) in [5.41, 5.74) is 0.601. The number of carbonyl (C=O) groups is 1. The summed E-state index contributed by atoms with van der Waals surface area (Å²) in [6.07, 6.45) is 2.94. The molecule has 0 heterocycles. The number of benzene rings is 2. The van der Waals surface area contributed by atoms with Crippen LogP contribution in [0.1, 0.15) is 5.56 Å². The second-order valence-electron chi connectivity index (χ2n) is 4.06. The quantitative estimate of drug-likeness (QED) is 0.358. The van der Waals surface area contributed by atoms with Crippen molar-refractivity contribution in [1.29, 1.82) is 0 Å². The van der Waals surface area contributed by atoms with Crippen LogP contribution in [0.15, 0.2) is 59.5 Å². The van der Waals surface area contributed by atoms with E-state index in [1.54, 1.807) is 42.5 Å². The van der Waals surface area contributed by atoms with Crippen LogP contribution in [0.25, 0.3) is 6.08 Å². The van der Waals surface area contributed by atoms with Crippen molar-refractivity contribution in [2.45, 2.75) is 4.90 Å². The Bertz CT molecular complexity index is 698. The Hall–Kier alpha value is -2.11. The monoisotopic (exact) mass is 319 g/mol. The van der Waals surface area contributed by atoms with Gasteiger partial charge in [-0.2, -0.15) is 0 Å². The highest BCUT2D eigenvalue weighted by atomic mass is 35.5. The SMILES string of the molecule is O=C(C=Cc1cccc([N+](=O)[O-])c1)Sc1ccc(Cl)cc1. The molecule has 0 unspecified atom stereocenters. The summed E-state index contributed by atoms with van der Waals surface area (Å²) in [6.45, 7) is 0. The Morgan fingerprint density at radius 2 is 1.90 bits per heavy atom. The van der Waals surface area contributed by atoms with Crippen LogP contribution in [0.5, 0.6) is 0 Å². The number of thioether (sulfide) groups is 1. The largest absolute Gasteiger partial charge is 0.282 e. The molecule has 0 aliphatic heterocycles. The van der Waals surface area contributed by atoms with Crippen molar-refractivity contribution in [3.63, 3.8) is 0 Å². The molecule has 4 nitrogen and oxygen atoms in total. The summed E-state index contributed by atoms with van der Waals surface area (Å²) in [5, 5.41) is 11.1. The molecule has 0 fully saturated rings. The zero-order chi connectivity index (χ0) is 15.2. The minimum absolute atomic E-state index is 0.00467. The fourth-order valence-corrected chi connectivity index (χ4v) is 2.33. The summed E-state index contributed by atoms with van der Waals surface area (Å²) >= 11 is 6.83. The van der Waals surface area contributed by atoms with Gasteiger partial charge in [0.1, 0.15) is 0 Å². The van der Waals surface area contributed by atoms with E-state index < -0.39 is 4.92 Å². The number of non-ortho nitro benzene ring substituents is 1. The van der Waals surface area contributed by atoms with Crippen LogP contribution in [0.2, 0.25) is 5.02 Å². The average molecular weight is 320 g/mol. The van der Waals surface area contributed by atoms with Crippen molar-refractivity contribution in [3.05, 3.63) is 75.3 Å². The Labute approximate surface area is 130 Å². The number of hydrogen-bond donors (Lipinski definition) is 0. The van der Waals surface area contributed by atoms with Gasteiger partial charge in [0, 0.05) is 22.1 Å². The van der Waals surface area contributed by atoms with E-state index in [9.17, 15) is 14.9 Å². The molecule has 0 spiro atoms. The Balaban J connectivity index is 2.03. The first-order valence-corrected chi connectivity index (χ1v) is 7.14. The highest BCUT2D eigenvalue weighted by Crippen LogP contribution is 2.22. The number of halogens is 1. The van der Waals surface area contributed by atoms with Crippen LogP contribution in [0.3, 0.4) is 0 Å². The van der Waals surface area contributed by atoms with Gasteiger partial charge in [-0.3, -0.25) is 14.9 Å². The second kappa shape index (κ2) is 7.06. The van der Waals surface area contributed by atoms with E-state index in [2.05, 4.69) is 0 Å². The maximum atomic E-state index is 11.8. The molecule has 0 radical (unpaired) electrons. The molecule has 106 valence electrons. The predicted octanol–water partition coefficient (Wildman–Crippen LogP) is 4.58. The lowest BCUT2D eigenvalue weighted by atomic mass is 10.2. The van der Waals surface area contributed by atoms with Gasteiger partial charge < -0.3 is 0 Å². The van der Waals surface area contributed by atoms with Gasteiger partial charge in [0.15, 0.2) is 0 Å². The minimum Gasteiger partial charge on any atom is -0.282 e. The lowest BCUT2D eigenvalue weighted by Gasteiger charge is -1.97. The molecule has 0 N–H and O–H groups in total. The highest BCUT2D eigenvalue weighted by molar-refractivity contribution is 8.14. The molecular weight excluding hydrogens is 310 g/mol. The van der Waals surface area contributed by atoms with E-state index in [0.717, 1.165) is 16.7 Å². The lowest BCUT2D eigenvalue weighted by Crippen LogP contribution is -1.88. The smallest absolute Gasteiger partial charge is 0.270 e. The molecular formula is C15H10ClNO3S. The summed E-state index contributed by atoms with van der Waals surface area (Å²) in [6, 6.07) is 13.0. The minimum atomic E-state index is -0.471. The predicted molar refractivity (Wildman–Crippen MR) is 84.4 cm³/mol. The first-order valence-electron chi connectivity index (χ1n) is 5.94. The van der Waals surface area contributed by atoms with E-state index in [4.69, 9.17) is 11.6 Å². The third-order valence-corrected chi connectivity index (χ3v) is 3.62. The first kappa shape index (κ1) is 15.3. The summed E-state index contributed by atoms with van der Waals surface area (Å²) in [7, 11) is 0. The molecule has 0 saturated heterocycles. The third-order valence-electron chi connectivity index (χ3n) is 2.52. The van der Waals surface area contributed by atoms with Crippen LogP contribution >= 0.6 is 23.4 Å². The molecule has 0 aromatic heterocycles. The van der Waals surface area contributed by atoms with Gasteiger partial charge in [-0.15, -0.1) is 0 Å². The topological polar surface area (TPSA) is 60.2 Å². The zero-order valence-electron chi connectivity index (χ0n) is 10.7. The first-order chi connectivity index (χ1) is 10.0. The van der Waals surface area contributed by atoms with Gasteiger partial charge in [-0.1, -0.05) is 29.8 Å². The van der Waals surface area contributed by atoms with Crippen molar-refractivity contribution < 1.29 is 9.72 Å². The van der Waals surface area contributed by atoms with Crippen molar-refractivity contribution >= 4 is 40.2 Å². The third kappa shape index (κ3) is 4.73. The Morgan fingerprint density at radius 3 is 2.57 bits per heavy atom. The number of hydrogen-bond acceptors (Lipinski definition) is 4. The van der Waals surface area contributed by atoms with Gasteiger partial charge in [-0.25, -0.2) is 0 Å². The molecule has 2 rings (SSSR count). The van der Waals surface area contributed by atoms with E-state index in [1.165, 1.54) is 18.2 Å². The standard InChI is InChI=1S/C15H10ClNO3S/c16-12-5-7-14(8-6-12)21-15(18)9-4-11-2-1-3-13(10-11)17(19)20/h1-10H. The van der Waals surface area contributed by atoms with Gasteiger partial charge in [0.25, 0.3) is 5.69 Å². The molecule has 6 heteroatoms. The van der Waals surface area contributed by atoms with Crippen LogP contribution in [-0.2, 0) is 4.79 Å². The van der Waals surface area contributed by atoms with E-state index >= 15 is 0 Å². The van der Waals surface area contributed by atoms with Gasteiger partial charge >= 0.3 is 0 Å². The number of carbonyl (C=O) groups excluding carboxylic acids is 1. The Kier molecular flexibility index (Phi) is 5.14. The summed E-state index contributed by atoms with van der Waals surface area (Å²) in [5.74, 6) is 0. The number of nitrogens with zero attached hydrogens (tertiary/aromatic N) is 1. The van der Waals surface area contributed by atoms with Crippen LogP contribution in [0.4, 0.5) is 5.69 Å². The van der Waals surface area contributed by atoms with Crippen LogP contribution < -0.4 is 0 Å². The summed E-state index contributed by atoms with van der Waals surface area (Å²) in [4.78, 5) is 22.8. The van der Waals surface area contributed by atoms with Crippen LogP contribution in [-0.4, -0.2) is 10.0 Å². The molecule has 0 amide bonds. The molecule has 0 saturated carbocycles. The molecule has 21 heavy (non-hydrogen) atoms. The molecule has 0 bridgehead atoms. The van der Waals surface area contributed by atoms with Crippen molar-refractivity contribution in [1.82, 2.24) is 0 Å². The summed E-state index contributed by atoms with van der Waals surface area (Å²) < 4.78 is 0. The van der Waals surface area contributed by atoms with Gasteiger partial charge in [0.2, 0.25) is 5.12 Å². The number of nitro groups is 1. The van der Waals surface area contributed by atoms with Gasteiger partial charge in [0.05, 0.1) is 4.92 Å². The normalized spacial score (nSPS) is 10.7. The maximum Gasteiger partial charge on any atom is 0.270 e. The molecule has 0 aliphatic carbocycles. The van der Waals surface area contributed by atoms with E-state index in [-0.39, 0.29) is 10.8 Å². The number of rotatable bonds is 4. The van der Waals surface area contributed by atoms with Crippen molar-refractivity contribution in [2.24, 2.45) is 0 Å². The van der Waals surface area contributed by atoms with Crippen LogP contribution in [0, 0.1) is 10.1 Å². The second-order valence-corrected chi connectivity index (χ2v) is 5.57. The lowest BCUT2D eigenvalue weighted by molar-refractivity contribution is -0.384. The fourth-order valence-electron chi connectivity index (χ4n) is 1.56. The molecule has 2 aromatic rings. The maximum absolute atomic E-state index is 11.8. The molecule has 0 aliphatic rings. The van der Waals surface area contributed by atoms with Crippen molar-refractivity contribution in [3.8, 4) is 0 Å². The van der Waals surface area contributed by atoms with E-state index in [1.807, 2.05) is 0 Å². The zero-order valence-corrected chi connectivity index (χ0v) is 12.3. The molecule has 0 atom stereocenters. The number of nitro benzene ring substituents is 1. The average Bonchev–Trinajstić information content (AvgIpc) is 2.48. The van der Waals surface area contributed by atoms with Gasteiger partial charge in [-0.05, 0) is 47.7 Å². The van der Waals surface area contributed by atoms with Crippen molar-refractivity contribution in [2.75, 3.05) is 0 Å². The van der Waals surface area contributed by atoms with E-state index in [0.29, 0.717) is 10.6 Å². The Morgan fingerprint density at radius 1 is 1.19 bits per heavy atom. The molecule has 2 aromatic carbocycles. The fraction of sp³-hybridized carbons (Fsp3) is 0.